The van der Waals surface area contributed by atoms with Gasteiger partial charge in [-0.15, -0.1) is 0 Å². The lowest BCUT2D eigenvalue weighted by molar-refractivity contribution is 0.153. The van der Waals surface area contributed by atoms with Gasteiger partial charge in [0.15, 0.2) is 0 Å². The highest BCUT2D eigenvalue weighted by atomic mass is 16.4. The Bertz CT molecular complexity index is 464. The smallest absolute Gasteiger partial charge is 0.145 e. The van der Waals surface area contributed by atoms with E-state index in [-0.39, 0.29) is 5.41 Å². The number of pyridine rings is 1. The van der Waals surface area contributed by atoms with Crippen molar-refractivity contribution in [2.75, 3.05) is 13.1 Å². The van der Waals surface area contributed by atoms with E-state index < -0.39 is 0 Å². The average Bonchev–Trinajstić information content (AvgIpc) is 2.41. The van der Waals surface area contributed by atoms with Crippen LogP contribution in [0.5, 0.6) is 0 Å². The van der Waals surface area contributed by atoms with Gasteiger partial charge in [0.2, 0.25) is 0 Å². The number of hydrogen-bond donors (Lipinski definition) is 2. The van der Waals surface area contributed by atoms with Gasteiger partial charge in [-0.25, -0.2) is 0 Å². The Hall–Kier alpha value is -1.62. The number of nitrogens with two attached hydrogens (primary N) is 1. The zero-order valence-electron chi connectivity index (χ0n) is 11.6. The molecule has 2 rings (SSSR count). The summed E-state index contributed by atoms with van der Waals surface area (Å²) in [5.74, 6) is 0.351. The maximum Gasteiger partial charge on any atom is 0.145 e. The van der Waals surface area contributed by atoms with Crippen molar-refractivity contribution >= 4 is 5.84 Å². The molecule has 19 heavy (non-hydrogen) atoms. The monoisotopic (exact) mass is 262 g/mol. The molecule has 0 aliphatic carbocycles. The van der Waals surface area contributed by atoms with Crippen molar-refractivity contribution in [3.63, 3.8) is 0 Å². The van der Waals surface area contributed by atoms with Crippen LogP contribution in [0.2, 0.25) is 0 Å². The fourth-order valence-corrected chi connectivity index (χ4v) is 2.54. The van der Waals surface area contributed by atoms with E-state index in [4.69, 9.17) is 10.9 Å². The highest BCUT2D eigenvalue weighted by Gasteiger charge is 2.34. The maximum absolute atomic E-state index is 8.82. The Labute approximate surface area is 114 Å². The van der Waals surface area contributed by atoms with Gasteiger partial charge < -0.3 is 10.9 Å². The van der Waals surface area contributed by atoms with Crippen LogP contribution in [-0.4, -0.2) is 34.0 Å². The standard InChI is InChI=1S/C14H22N4O/c1-11-7-12(9-16-8-11)10-18-5-3-14(2,4-6-18)13(15)17-19/h7-9,19H,3-6,10H2,1-2H3,(H2,15,17). The average molecular weight is 262 g/mol. The number of hydrogen-bond acceptors (Lipinski definition) is 4. The van der Waals surface area contributed by atoms with Gasteiger partial charge in [-0.3, -0.25) is 9.88 Å². The fourth-order valence-electron chi connectivity index (χ4n) is 2.54. The van der Waals surface area contributed by atoms with Crippen LogP contribution >= 0.6 is 0 Å². The molecule has 5 nitrogen and oxygen atoms in total. The van der Waals surface area contributed by atoms with Crippen LogP contribution in [0, 0.1) is 12.3 Å². The van der Waals surface area contributed by atoms with Gasteiger partial charge in [-0.1, -0.05) is 18.1 Å². The van der Waals surface area contributed by atoms with E-state index in [0.717, 1.165) is 32.5 Å². The molecule has 1 aromatic heterocycles. The lowest BCUT2D eigenvalue weighted by atomic mass is 9.79. The van der Waals surface area contributed by atoms with Gasteiger partial charge >= 0.3 is 0 Å². The van der Waals surface area contributed by atoms with E-state index >= 15 is 0 Å². The molecule has 0 saturated carbocycles. The fraction of sp³-hybridized carbons (Fsp3) is 0.571. The van der Waals surface area contributed by atoms with Gasteiger partial charge in [-0.2, -0.15) is 0 Å². The van der Waals surface area contributed by atoms with Crippen molar-refractivity contribution in [2.24, 2.45) is 16.3 Å². The normalized spacial score (nSPS) is 20.4. The molecule has 0 unspecified atom stereocenters. The first-order valence-electron chi connectivity index (χ1n) is 6.64. The third-order valence-electron chi connectivity index (χ3n) is 4.02. The lowest BCUT2D eigenvalue weighted by Crippen LogP contribution is -2.45. The minimum Gasteiger partial charge on any atom is -0.409 e. The molecule has 1 aliphatic rings. The van der Waals surface area contributed by atoms with E-state index in [1.807, 2.05) is 12.4 Å². The second-order valence-corrected chi connectivity index (χ2v) is 5.69. The predicted octanol–water partition coefficient (Wildman–Crippen LogP) is 1.74. The van der Waals surface area contributed by atoms with Gasteiger partial charge in [-0.05, 0) is 44.0 Å². The number of piperidine rings is 1. The van der Waals surface area contributed by atoms with Crippen molar-refractivity contribution in [1.29, 1.82) is 0 Å². The summed E-state index contributed by atoms with van der Waals surface area (Å²) < 4.78 is 0. The van der Waals surface area contributed by atoms with E-state index in [2.05, 4.69) is 35.0 Å². The van der Waals surface area contributed by atoms with Gasteiger partial charge in [0, 0.05) is 24.4 Å². The summed E-state index contributed by atoms with van der Waals surface area (Å²) in [5.41, 5.74) is 8.03. The van der Waals surface area contributed by atoms with Crippen LogP contribution in [0.3, 0.4) is 0 Å². The molecule has 1 aliphatic heterocycles. The molecular formula is C14H22N4O. The molecule has 0 bridgehead atoms. The predicted molar refractivity (Wildman–Crippen MR) is 75.0 cm³/mol. The van der Waals surface area contributed by atoms with Gasteiger partial charge in [0.25, 0.3) is 0 Å². The van der Waals surface area contributed by atoms with E-state index in [1.54, 1.807) is 0 Å². The van der Waals surface area contributed by atoms with Gasteiger partial charge in [0.05, 0.1) is 0 Å². The molecule has 1 aromatic rings. The SMILES string of the molecule is Cc1cncc(CN2CCC(C)(/C(N)=N/O)CC2)c1. The number of amidine groups is 1. The number of rotatable bonds is 3. The third kappa shape index (κ3) is 3.23. The van der Waals surface area contributed by atoms with Crippen LogP contribution in [0.25, 0.3) is 0 Å². The molecule has 0 amide bonds. The van der Waals surface area contributed by atoms with Crippen LogP contribution in [0.15, 0.2) is 23.6 Å². The number of oxime groups is 1. The molecule has 0 spiro atoms. The molecular weight excluding hydrogens is 240 g/mol. The summed E-state index contributed by atoms with van der Waals surface area (Å²) in [5, 5.41) is 12.0. The maximum atomic E-state index is 8.82. The number of aromatic nitrogens is 1. The highest BCUT2D eigenvalue weighted by molar-refractivity contribution is 5.85. The Morgan fingerprint density at radius 3 is 2.74 bits per heavy atom. The quantitative estimate of drug-likeness (QED) is 0.376. The number of likely N-dealkylation sites (tertiary alicyclic amines) is 1. The van der Waals surface area contributed by atoms with Crippen LogP contribution in [0.4, 0.5) is 0 Å². The summed E-state index contributed by atoms with van der Waals surface area (Å²) in [6.45, 7) is 6.96. The summed E-state index contributed by atoms with van der Waals surface area (Å²) in [7, 11) is 0. The molecule has 1 saturated heterocycles. The van der Waals surface area contributed by atoms with Crippen molar-refractivity contribution < 1.29 is 5.21 Å². The Morgan fingerprint density at radius 2 is 2.16 bits per heavy atom. The van der Waals surface area contributed by atoms with Crippen molar-refractivity contribution in [3.8, 4) is 0 Å². The third-order valence-corrected chi connectivity index (χ3v) is 4.02. The molecule has 104 valence electrons. The molecule has 3 N–H and O–H groups in total. The van der Waals surface area contributed by atoms with Crippen LogP contribution < -0.4 is 5.73 Å². The summed E-state index contributed by atoms with van der Waals surface area (Å²) in [6.07, 6.45) is 5.63. The number of aryl methyl sites for hydroxylation is 1. The Kier molecular flexibility index (Phi) is 4.04. The summed E-state index contributed by atoms with van der Waals surface area (Å²) in [4.78, 5) is 6.61. The van der Waals surface area contributed by atoms with Gasteiger partial charge in [0.1, 0.15) is 5.84 Å². The lowest BCUT2D eigenvalue weighted by Gasteiger charge is -2.38. The zero-order chi connectivity index (χ0) is 13.9. The second kappa shape index (κ2) is 5.57. The van der Waals surface area contributed by atoms with Crippen molar-refractivity contribution in [2.45, 2.75) is 33.2 Å². The first-order chi connectivity index (χ1) is 9.03. The Balaban J connectivity index is 1.94. The molecule has 2 heterocycles. The Morgan fingerprint density at radius 1 is 1.47 bits per heavy atom. The summed E-state index contributed by atoms with van der Waals surface area (Å²) in [6, 6.07) is 2.17. The topological polar surface area (TPSA) is 74.7 Å². The van der Waals surface area contributed by atoms with Crippen molar-refractivity contribution in [3.05, 3.63) is 29.6 Å². The van der Waals surface area contributed by atoms with Crippen LogP contribution in [0.1, 0.15) is 30.9 Å². The van der Waals surface area contributed by atoms with E-state index in [9.17, 15) is 0 Å². The minimum absolute atomic E-state index is 0.171. The zero-order valence-corrected chi connectivity index (χ0v) is 11.6. The first kappa shape index (κ1) is 13.8. The van der Waals surface area contributed by atoms with E-state index in [0.29, 0.717) is 5.84 Å². The van der Waals surface area contributed by atoms with E-state index in [1.165, 1.54) is 11.1 Å². The second-order valence-electron chi connectivity index (χ2n) is 5.69. The molecule has 0 radical (unpaired) electrons. The largest absolute Gasteiger partial charge is 0.409 e. The highest BCUT2D eigenvalue weighted by Crippen LogP contribution is 2.31. The molecule has 0 aromatic carbocycles. The molecule has 5 heteroatoms. The number of nitrogens with zero attached hydrogens (tertiary/aromatic N) is 3. The minimum atomic E-state index is -0.171. The molecule has 1 fully saturated rings. The first-order valence-corrected chi connectivity index (χ1v) is 6.64. The van der Waals surface area contributed by atoms with Crippen LogP contribution in [-0.2, 0) is 6.54 Å². The van der Waals surface area contributed by atoms with Crippen molar-refractivity contribution in [1.82, 2.24) is 9.88 Å². The summed E-state index contributed by atoms with van der Waals surface area (Å²) >= 11 is 0. The molecule has 0 atom stereocenters.